The number of halogens is 1. The van der Waals surface area contributed by atoms with Crippen LogP contribution in [0.2, 0.25) is 0 Å². The SMILES string of the molecule is C=C(Cl)C(=O)N(C)C1CCCC(C)C1. The largest absolute Gasteiger partial charge is 0.338 e. The molecule has 1 aliphatic carbocycles. The summed E-state index contributed by atoms with van der Waals surface area (Å²) in [6, 6.07) is 0.349. The first-order chi connectivity index (χ1) is 6.52. The molecular weight excluding hydrogens is 198 g/mol. The topological polar surface area (TPSA) is 20.3 Å². The Hall–Kier alpha value is -0.500. The zero-order valence-corrected chi connectivity index (χ0v) is 9.68. The molecule has 1 rings (SSSR count). The fourth-order valence-corrected chi connectivity index (χ4v) is 2.24. The molecule has 0 aromatic carbocycles. The minimum atomic E-state index is -0.134. The average molecular weight is 216 g/mol. The summed E-state index contributed by atoms with van der Waals surface area (Å²) in [5.41, 5.74) is 0. The molecule has 0 saturated heterocycles. The summed E-state index contributed by atoms with van der Waals surface area (Å²) in [6.07, 6.45) is 4.67. The van der Waals surface area contributed by atoms with Gasteiger partial charge in [-0.2, -0.15) is 0 Å². The lowest BCUT2D eigenvalue weighted by Gasteiger charge is -2.33. The van der Waals surface area contributed by atoms with Crippen molar-refractivity contribution in [1.29, 1.82) is 0 Å². The van der Waals surface area contributed by atoms with Gasteiger partial charge in [0.1, 0.15) is 0 Å². The molecule has 1 aliphatic rings. The van der Waals surface area contributed by atoms with E-state index in [1.807, 2.05) is 7.05 Å². The van der Waals surface area contributed by atoms with E-state index < -0.39 is 0 Å². The molecule has 0 spiro atoms. The predicted molar refractivity (Wildman–Crippen MR) is 59.2 cm³/mol. The molecule has 0 heterocycles. The maximum absolute atomic E-state index is 11.5. The first-order valence-electron chi connectivity index (χ1n) is 5.14. The smallest absolute Gasteiger partial charge is 0.264 e. The van der Waals surface area contributed by atoms with Gasteiger partial charge < -0.3 is 4.90 Å². The van der Waals surface area contributed by atoms with E-state index in [0.29, 0.717) is 12.0 Å². The second-order valence-corrected chi connectivity index (χ2v) is 4.70. The summed E-state index contributed by atoms with van der Waals surface area (Å²) >= 11 is 5.59. The van der Waals surface area contributed by atoms with Gasteiger partial charge in [-0.25, -0.2) is 0 Å². The monoisotopic (exact) mass is 215 g/mol. The molecule has 0 aliphatic heterocycles. The van der Waals surface area contributed by atoms with Crippen molar-refractivity contribution >= 4 is 17.5 Å². The van der Waals surface area contributed by atoms with Crippen LogP contribution in [0.3, 0.4) is 0 Å². The van der Waals surface area contributed by atoms with E-state index >= 15 is 0 Å². The highest BCUT2D eigenvalue weighted by Gasteiger charge is 2.25. The maximum atomic E-state index is 11.5. The number of rotatable bonds is 2. The lowest BCUT2D eigenvalue weighted by Crippen LogP contribution is -2.39. The van der Waals surface area contributed by atoms with Crippen molar-refractivity contribution in [3.63, 3.8) is 0 Å². The number of amides is 1. The van der Waals surface area contributed by atoms with Gasteiger partial charge in [-0.3, -0.25) is 4.79 Å². The standard InChI is InChI=1S/C11H18ClNO/c1-8-5-4-6-10(7-8)13(3)11(14)9(2)12/h8,10H,2,4-7H2,1,3H3. The summed E-state index contributed by atoms with van der Waals surface area (Å²) in [5.74, 6) is 0.582. The molecule has 1 fully saturated rings. The molecule has 2 nitrogen and oxygen atoms in total. The van der Waals surface area contributed by atoms with Crippen LogP contribution in [0.5, 0.6) is 0 Å². The van der Waals surface area contributed by atoms with Gasteiger partial charge in [0.25, 0.3) is 5.91 Å². The third kappa shape index (κ3) is 2.74. The average Bonchev–Trinajstić information content (AvgIpc) is 2.15. The summed E-state index contributed by atoms with van der Waals surface area (Å²) in [5, 5.41) is 0.116. The molecular formula is C11H18ClNO. The van der Waals surface area contributed by atoms with Gasteiger partial charge in [0.2, 0.25) is 0 Å². The van der Waals surface area contributed by atoms with Gasteiger partial charge in [0, 0.05) is 13.1 Å². The second-order valence-electron chi connectivity index (χ2n) is 4.25. The molecule has 1 amide bonds. The molecule has 2 atom stereocenters. The van der Waals surface area contributed by atoms with Crippen LogP contribution in [0, 0.1) is 5.92 Å². The highest BCUT2D eigenvalue weighted by molar-refractivity contribution is 6.41. The number of carbonyl (C=O) groups excluding carboxylic acids is 1. The van der Waals surface area contributed by atoms with Gasteiger partial charge in [-0.1, -0.05) is 37.9 Å². The van der Waals surface area contributed by atoms with Crippen LogP contribution in [-0.2, 0) is 4.79 Å². The van der Waals surface area contributed by atoms with E-state index in [-0.39, 0.29) is 10.9 Å². The summed E-state index contributed by atoms with van der Waals surface area (Å²) in [6.45, 7) is 5.70. The van der Waals surface area contributed by atoms with Crippen LogP contribution in [0.1, 0.15) is 32.6 Å². The van der Waals surface area contributed by atoms with Gasteiger partial charge in [0.05, 0.1) is 5.03 Å². The van der Waals surface area contributed by atoms with Crippen molar-refractivity contribution < 1.29 is 4.79 Å². The zero-order valence-electron chi connectivity index (χ0n) is 8.92. The predicted octanol–water partition coefficient (Wildman–Crippen LogP) is 2.78. The quantitative estimate of drug-likeness (QED) is 0.649. The first-order valence-corrected chi connectivity index (χ1v) is 5.51. The highest BCUT2D eigenvalue weighted by atomic mass is 35.5. The van der Waals surface area contributed by atoms with Gasteiger partial charge in [-0.15, -0.1) is 0 Å². The second kappa shape index (κ2) is 4.83. The lowest BCUT2D eigenvalue weighted by atomic mass is 9.86. The maximum Gasteiger partial charge on any atom is 0.264 e. The van der Waals surface area contributed by atoms with Crippen molar-refractivity contribution in [2.45, 2.75) is 38.6 Å². The van der Waals surface area contributed by atoms with Crippen LogP contribution in [0.4, 0.5) is 0 Å². The number of hydrogen-bond acceptors (Lipinski definition) is 1. The molecule has 80 valence electrons. The Morgan fingerprint density at radius 1 is 1.50 bits per heavy atom. The Balaban J connectivity index is 2.55. The molecule has 0 aromatic rings. The van der Waals surface area contributed by atoms with Crippen molar-refractivity contribution in [2.24, 2.45) is 5.92 Å². The molecule has 1 saturated carbocycles. The molecule has 0 bridgehead atoms. The van der Waals surface area contributed by atoms with E-state index in [1.54, 1.807) is 4.90 Å². The van der Waals surface area contributed by atoms with Gasteiger partial charge in [0.15, 0.2) is 0 Å². The minimum absolute atomic E-state index is 0.116. The van der Waals surface area contributed by atoms with Crippen LogP contribution in [-0.4, -0.2) is 23.9 Å². The van der Waals surface area contributed by atoms with E-state index in [1.165, 1.54) is 12.8 Å². The molecule has 3 heteroatoms. The Morgan fingerprint density at radius 3 is 2.64 bits per heavy atom. The minimum Gasteiger partial charge on any atom is -0.338 e. The lowest BCUT2D eigenvalue weighted by molar-refractivity contribution is -0.128. The Kier molecular flexibility index (Phi) is 3.99. The van der Waals surface area contributed by atoms with Gasteiger partial charge in [-0.05, 0) is 18.8 Å². The van der Waals surface area contributed by atoms with Crippen LogP contribution < -0.4 is 0 Å². The molecule has 14 heavy (non-hydrogen) atoms. The summed E-state index contributed by atoms with van der Waals surface area (Å²) in [4.78, 5) is 13.3. The molecule has 0 radical (unpaired) electrons. The van der Waals surface area contributed by atoms with Gasteiger partial charge >= 0.3 is 0 Å². The summed E-state index contributed by atoms with van der Waals surface area (Å²) in [7, 11) is 1.82. The number of hydrogen-bond donors (Lipinski definition) is 0. The van der Waals surface area contributed by atoms with Crippen LogP contribution in [0.25, 0.3) is 0 Å². The fourth-order valence-electron chi connectivity index (χ4n) is 2.11. The first kappa shape index (κ1) is 11.6. The zero-order chi connectivity index (χ0) is 10.7. The van der Waals surface area contributed by atoms with E-state index in [9.17, 15) is 4.79 Å². The van der Waals surface area contributed by atoms with Crippen LogP contribution >= 0.6 is 11.6 Å². The molecule has 0 N–H and O–H groups in total. The Bertz CT molecular complexity index is 239. The summed E-state index contributed by atoms with van der Waals surface area (Å²) < 4.78 is 0. The fraction of sp³-hybridized carbons (Fsp3) is 0.727. The Labute approximate surface area is 90.9 Å². The number of nitrogens with zero attached hydrogens (tertiary/aromatic N) is 1. The van der Waals surface area contributed by atoms with E-state index in [4.69, 9.17) is 11.6 Å². The third-order valence-corrected chi connectivity index (χ3v) is 3.17. The third-order valence-electron chi connectivity index (χ3n) is 3.01. The van der Waals surface area contributed by atoms with E-state index in [2.05, 4.69) is 13.5 Å². The Morgan fingerprint density at radius 2 is 2.14 bits per heavy atom. The molecule has 0 aromatic heterocycles. The van der Waals surface area contributed by atoms with Crippen LogP contribution in [0.15, 0.2) is 11.6 Å². The normalized spacial score (nSPS) is 27.1. The van der Waals surface area contributed by atoms with Crippen molar-refractivity contribution in [3.05, 3.63) is 11.6 Å². The van der Waals surface area contributed by atoms with E-state index in [0.717, 1.165) is 12.8 Å². The van der Waals surface area contributed by atoms with Crippen molar-refractivity contribution in [1.82, 2.24) is 4.90 Å². The van der Waals surface area contributed by atoms with Crippen molar-refractivity contribution in [3.8, 4) is 0 Å². The number of carbonyl (C=O) groups is 1. The molecule has 2 unspecified atom stereocenters. The highest BCUT2D eigenvalue weighted by Crippen LogP contribution is 2.27. The van der Waals surface area contributed by atoms with Crippen molar-refractivity contribution in [2.75, 3.05) is 7.05 Å². The number of likely N-dealkylation sites (N-methyl/N-ethyl adjacent to an activating group) is 1.